The Hall–Kier alpha value is -0.550. The fraction of sp³-hybridized carbons (Fsp3) is 0.889. The second kappa shape index (κ2) is 2.22. The molecule has 0 aromatic heterocycles. The van der Waals surface area contributed by atoms with Crippen LogP contribution in [0.1, 0.15) is 33.6 Å². The Labute approximate surface area is 67.8 Å². The van der Waals surface area contributed by atoms with Gasteiger partial charge in [0.2, 0.25) is 0 Å². The zero-order valence-electron chi connectivity index (χ0n) is 7.39. The zero-order chi connectivity index (χ0) is 8.70. The average Bonchev–Trinajstić information content (AvgIpc) is 2.66. The van der Waals surface area contributed by atoms with Crippen molar-refractivity contribution in [1.29, 1.82) is 5.26 Å². The molecule has 0 spiro atoms. The first-order chi connectivity index (χ1) is 4.96. The van der Waals surface area contributed by atoms with Gasteiger partial charge in [-0.05, 0) is 25.7 Å². The summed E-state index contributed by atoms with van der Waals surface area (Å²) in [5.41, 5.74) is -1.23. The SMILES string of the molecule is CC(C)C(C)(O)C1(C#N)CC1. The van der Waals surface area contributed by atoms with Crippen molar-refractivity contribution in [3.05, 3.63) is 0 Å². The summed E-state index contributed by atoms with van der Waals surface area (Å²) < 4.78 is 0. The standard InChI is InChI=1S/C9H15NO/c1-7(2)8(3,11)9(6-10)4-5-9/h7,11H,4-5H2,1-3H3. The molecule has 1 rings (SSSR count). The minimum atomic E-state index is -0.804. The van der Waals surface area contributed by atoms with Gasteiger partial charge in [0.05, 0.1) is 17.1 Å². The highest BCUT2D eigenvalue weighted by atomic mass is 16.3. The topological polar surface area (TPSA) is 44.0 Å². The Bertz CT molecular complexity index is 196. The molecule has 1 atom stereocenters. The summed E-state index contributed by atoms with van der Waals surface area (Å²) in [4.78, 5) is 0. The molecule has 1 unspecified atom stereocenters. The van der Waals surface area contributed by atoms with Crippen LogP contribution in [0.4, 0.5) is 0 Å². The molecule has 0 radical (unpaired) electrons. The van der Waals surface area contributed by atoms with Gasteiger partial charge in [0.25, 0.3) is 0 Å². The van der Waals surface area contributed by atoms with E-state index >= 15 is 0 Å². The van der Waals surface area contributed by atoms with Crippen LogP contribution in [0.2, 0.25) is 0 Å². The van der Waals surface area contributed by atoms with Crippen molar-refractivity contribution >= 4 is 0 Å². The molecule has 1 saturated carbocycles. The van der Waals surface area contributed by atoms with Gasteiger partial charge >= 0.3 is 0 Å². The maximum atomic E-state index is 9.96. The third kappa shape index (κ3) is 1.04. The van der Waals surface area contributed by atoms with Crippen LogP contribution >= 0.6 is 0 Å². The highest BCUT2D eigenvalue weighted by Gasteiger charge is 2.58. The molecule has 0 aromatic carbocycles. The van der Waals surface area contributed by atoms with Crippen molar-refractivity contribution in [2.24, 2.45) is 11.3 Å². The van der Waals surface area contributed by atoms with E-state index in [2.05, 4.69) is 6.07 Å². The third-order valence-electron chi connectivity index (χ3n) is 3.06. The molecule has 0 amide bonds. The zero-order valence-corrected chi connectivity index (χ0v) is 7.39. The van der Waals surface area contributed by atoms with E-state index < -0.39 is 11.0 Å². The number of rotatable bonds is 2. The predicted octanol–water partition coefficient (Wildman–Crippen LogP) is 1.70. The van der Waals surface area contributed by atoms with Crippen LogP contribution in [-0.2, 0) is 0 Å². The summed E-state index contributed by atoms with van der Waals surface area (Å²) in [6.07, 6.45) is 1.71. The van der Waals surface area contributed by atoms with Crippen LogP contribution < -0.4 is 0 Å². The summed E-state index contributed by atoms with van der Waals surface area (Å²) in [5.74, 6) is 0.157. The molecule has 11 heavy (non-hydrogen) atoms. The van der Waals surface area contributed by atoms with Gasteiger partial charge < -0.3 is 5.11 Å². The number of hydrogen-bond acceptors (Lipinski definition) is 2. The van der Waals surface area contributed by atoms with Crippen molar-refractivity contribution in [2.75, 3.05) is 0 Å². The smallest absolute Gasteiger partial charge is 0.0861 e. The minimum Gasteiger partial charge on any atom is -0.388 e. The largest absolute Gasteiger partial charge is 0.388 e. The molecule has 0 aromatic rings. The third-order valence-corrected chi connectivity index (χ3v) is 3.06. The second-order valence-electron chi connectivity index (χ2n) is 4.00. The van der Waals surface area contributed by atoms with Crippen LogP contribution in [0.25, 0.3) is 0 Å². The molecule has 2 nitrogen and oxygen atoms in total. The Morgan fingerprint density at radius 1 is 1.55 bits per heavy atom. The highest BCUT2D eigenvalue weighted by molar-refractivity contribution is 5.19. The molecule has 1 aliphatic carbocycles. The van der Waals surface area contributed by atoms with Crippen LogP contribution in [0.3, 0.4) is 0 Å². The van der Waals surface area contributed by atoms with E-state index in [0.29, 0.717) is 0 Å². The summed E-state index contributed by atoms with van der Waals surface area (Å²) in [5, 5.41) is 18.8. The lowest BCUT2D eigenvalue weighted by Gasteiger charge is -2.32. The maximum Gasteiger partial charge on any atom is 0.0861 e. The molecular weight excluding hydrogens is 138 g/mol. The van der Waals surface area contributed by atoms with Crippen molar-refractivity contribution in [3.63, 3.8) is 0 Å². The Kier molecular flexibility index (Phi) is 1.72. The number of nitrogens with zero attached hydrogens (tertiary/aromatic N) is 1. The first-order valence-electron chi connectivity index (χ1n) is 4.10. The Morgan fingerprint density at radius 3 is 2.09 bits per heavy atom. The quantitative estimate of drug-likeness (QED) is 0.656. The van der Waals surface area contributed by atoms with Crippen molar-refractivity contribution < 1.29 is 5.11 Å². The molecule has 2 heteroatoms. The van der Waals surface area contributed by atoms with Crippen LogP contribution in [0, 0.1) is 22.7 Å². The van der Waals surface area contributed by atoms with Gasteiger partial charge in [0, 0.05) is 0 Å². The lowest BCUT2D eigenvalue weighted by atomic mass is 9.78. The Morgan fingerprint density at radius 2 is 2.00 bits per heavy atom. The molecule has 62 valence electrons. The highest BCUT2D eigenvalue weighted by Crippen LogP contribution is 2.55. The van der Waals surface area contributed by atoms with E-state index in [-0.39, 0.29) is 5.92 Å². The maximum absolute atomic E-state index is 9.96. The van der Waals surface area contributed by atoms with E-state index in [0.717, 1.165) is 12.8 Å². The van der Waals surface area contributed by atoms with Crippen molar-refractivity contribution in [3.8, 4) is 6.07 Å². The van der Waals surface area contributed by atoms with Gasteiger partial charge in [-0.25, -0.2) is 0 Å². The van der Waals surface area contributed by atoms with Crippen LogP contribution in [0.5, 0.6) is 0 Å². The summed E-state index contributed by atoms with van der Waals surface area (Å²) in [6.45, 7) is 5.68. The molecule has 0 bridgehead atoms. The first-order valence-corrected chi connectivity index (χ1v) is 4.10. The molecule has 0 saturated heterocycles. The summed E-state index contributed by atoms with van der Waals surface area (Å²) in [7, 11) is 0. The van der Waals surface area contributed by atoms with Crippen LogP contribution in [-0.4, -0.2) is 10.7 Å². The van der Waals surface area contributed by atoms with Gasteiger partial charge in [-0.1, -0.05) is 13.8 Å². The van der Waals surface area contributed by atoms with Gasteiger partial charge in [-0.3, -0.25) is 0 Å². The van der Waals surface area contributed by atoms with E-state index in [4.69, 9.17) is 5.26 Å². The Balaban J connectivity index is 2.82. The van der Waals surface area contributed by atoms with E-state index in [9.17, 15) is 5.11 Å². The summed E-state index contributed by atoms with van der Waals surface area (Å²) in [6, 6.07) is 2.22. The number of nitriles is 1. The van der Waals surface area contributed by atoms with Crippen molar-refractivity contribution in [2.45, 2.75) is 39.2 Å². The van der Waals surface area contributed by atoms with E-state index in [1.165, 1.54) is 0 Å². The fourth-order valence-electron chi connectivity index (χ4n) is 1.41. The predicted molar refractivity (Wildman–Crippen MR) is 42.7 cm³/mol. The average molecular weight is 153 g/mol. The minimum absolute atomic E-state index is 0.157. The molecule has 0 heterocycles. The monoisotopic (exact) mass is 153 g/mol. The first kappa shape index (κ1) is 8.55. The van der Waals surface area contributed by atoms with Gasteiger partial charge in [0.1, 0.15) is 0 Å². The van der Waals surface area contributed by atoms with Gasteiger partial charge in [-0.2, -0.15) is 5.26 Å². The normalized spacial score (nSPS) is 25.8. The van der Waals surface area contributed by atoms with Crippen LogP contribution in [0.15, 0.2) is 0 Å². The van der Waals surface area contributed by atoms with Crippen molar-refractivity contribution in [1.82, 2.24) is 0 Å². The lowest BCUT2D eigenvalue weighted by molar-refractivity contribution is -0.0337. The lowest BCUT2D eigenvalue weighted by Crippen LogP contribution is -2.40. The fourth-order valence-corrected chi connectivity index (χ4v) is 1.41. The van der Waals surface area contributed by atoms with Gasteiger partial charge in [-0.15, -0.1) is 0 Å². The summed E-state index contributed by atoms with van der Waals surface area (Å²) >= 11 is 0. The van der Waals surface area contributed by atoms with E-state index in [1.807, 2.05) is 13.8 Å². The molecule has 1 aliphatic rings. The molecular formula is C9H15NO. The number of aliphatic hydroxyl groups is 1. The second-order valence-corrected chi connectivity index (χ2v) is 4.00. The molecule has 1 N–H and O–H groups in total. The number of hydrogen-bond donors (Lipinski definition) is 1. The van der Waals surface area contributed by atoms with Gasteiger partial charge in [0.15, 0.2) is 0 Å². The van der Waals surface area contributed by atoms with E-state index in [1.54, 1.807) is 6.92 Å². The molecule has 1 fully saturated rings. The molecule has 0 aliphatic heterocycles.